The van der Waals surface area contributed by atoms with E-state index in [4.69, 9.17) is 9.78 Å². The zero-order valence-electron chi connectivity index (χ0n) is 9.89. The molecule has 0 aliphatic rings. The van der Waals surface area contributed by atoms with Gasteiger partial charge in [-0.3, -0.25) is 0 Å². The van der Waals surface area contributed by atoms with Crippen molar-refractivity contribution in [2.75, 3.05) is 0 Å². The molecule has 0 fully saturated rings. The van der Waals surface area contributed by atoms with Gasteiger partial charge in [-0.25, -0.2) is 8.78 Å². The van der Waals surface area contributed by atoms with Crippen molar-refractivity contribution in [3.05, 3.63) is 47.8 Å². The fraction of sp³-hybridized carbons (Fsp3) is 0. The Morgan fingerprint density at radius 2 is 2.00 bits per heavy atom. The second kappa shape index (κ2) is 4.59. The predicted molar refractivity (Wildman–Crippen MR) is 64.2 cm³/mol. The van der Waals surface area contributed by atoms with Gasteiger partial charge in [-0.05, 0) is 24.3 Å². The molecule has 0 aliphatic heterocycles. The highest BCUT2D eigenvalue weighted by molar-refractivity contribution is 5.60. The first-order chi connectivity index (χ1) is 9.67. The molecule has 5 nitrogen and oxygen atoms in total. The summed E-state index contributed by atoms with van der Waals surface area (Å²) in [7, 11) is 0. The molecule has 0 amide bonds. The number of hydrogen-bond donors (Lipinski definition) is 1. The number of nitrogens with zero attached hydrogens (tertiary/aromatic N) is 3. The van der Waals surface area contributed by atoms with Crippen LogP contribution in [0.15, 0.2) is 35.0 Å². The minimum atomic E-state index is -0.984. The van der Waals surface area contributed by atoms with Gasteiger partial charge in [0.15, 0.2) is 11.6 Å². The number of nitrogens with one attached hydrogen (secondary N) is 1. The van der Waals surface area contributed by atoms with Crippen molar-refractivity contribution in [2.24, 2.45) is 0 Å². The van der Waals surface area contributed by atoms with Crippen molar-refractivity contribution in [1.29, 1.82) is 5.26 Å². The van der Waals surface area contributed by atoms with Crippen LogP contribution in [0.5, 0.6) is 0 Å². The van der Waals surface area contributed by atoms with E-state index in [2.05, 4.69) is 15.1 Å². The van der Waals surface area contributed by atoms with E-state index >= 15 is 0 Å². The van der Waals surface area contributed by atoms with E-state index < -0.39 is 11.6 Å². The maximum Gasteiger partial charge on any atom is 0.259 e. The molecular weight excluding hydrogens is 266 g/mol. The average Bonchev–Trinajstić information content (AvgIpc) is 3.09. The van der Waals surface area contributed by atoms with E-state index in [0.29, 0.717) is 16.8 Å². The average molecular weight is 272 g/mol. The van der Waals surface area contributed by atoms with Crippen LogP contribution in [0.3, 0.4) is 0 Å². The van der Waals surface area contributed by atoms with Gasteiger partial charge >= 0.3 is 0 Å². The lowest BCUT2D eigenvalue weighted by Crippen LogP contribution is -1.86. The van der Waals surface area contributed by atoms with Gasteiger partial charge in [0.05, 0.1) is 5.56 Å². The van der Waals surface area contributed by atoms with Gasteiger partial charge in [0.2, 0.25) is 5.82 Å². The van der Waals surface area contributed by atoms with Crippen LogP contribution in [0, 0.1) is 23.0 Å². The molecule has 3 rings (SSSR count). The second-order valence-electron chi connectivity index (χ2n) is 3.97. The summed E-state index contributed by atoms with van der Waals surface area (Å²) in [5, 5.41) is 12.4. The molecule has 0 atom stereocenters. The summed E-state index contributed by atoms with van der Waals surface area (Å²) in [6.07, 6.45) is 1.54. The fourth-order valence-corrected chi connectivity index (χ4v) is 1.68. The van der Waals surface area contributed by atoms with E-state index in [1.807, 2.05) is 6.07 Å². The molecule has 0 aliphatic carbocycles. The number of nitriles is 1. The maximum atomic E-state index is 13.1. The largest absolute Gasteiger partial charge is 0.352 e. The van der Waals surface area contributed by atoms with Gasteiger partial charge in [0, 0.05) is 11.8 Å². The Kier molecular flexibility index (Phi) is 2.76. The van der Waals surface area contributed by atoms with E-state index in [0.717, 1.165) is 12.1 Å². The Hall–Kier alpha value is -3.01. The summed E-state index contributed by atoms with van der Waals surface area (Å²) in [6, 6.07) is 6.81. The first kappa shape index (κ1) is 12.0. The van der Waals surface area contributed by atoms with Crippen molar-refractivity contribution in [3.8, 4) is 28.9 Å². The van der Waals surface area contributed by atoms with Crippen LogP contribution in [-0.2, 0) is 0 Å². The Bertz CT molecular complexity index is 816. The Morgan fingerprint density at radius 1 is 1.15 bits per heavy atom. The van der Waals surface area contributed by atoms with Gasteiger partial charge < -0.3 is 9.51 Å². The summed E-state index contributed by atoms with van der Waals surface area (Å²) in [5.74, 6) is -1.61. The number of hydrogen-bond acceptors (Lipinski definition) is 4. The van der Waals surface area contributed by atoms with E-state index in [9.17, 15) is 8.78 Å². The Balaban J connectivity index is 1.97. The third kappa shape index (κ3) is 2.03. The van der Waals surface area contributed by atoms with Crippen LogP contribution in [-0.4, -0.2) is 15.1 Å². The van der Waals surface area contributed by atoms with Gasteiger partial charge in [-0.15, -0.1) is 0 Å². The van der Waals surface area contributed by atoms with Crippen molar-refractivity contribution in [2.45, 2.75) is 0 Å². The van der Waals surface area contributed by atoms with Crippen molar-refractivity contribution in [3.63, 3.8) is 0 Å². The van der Waals surface area contributed by atoms with Crippen molar-refractivity contribution < 1.29 is 13.3 Å². The quantitative estimate of drug-likeness (QED) is 0.778. The second-order valence-corrected chi connectivity index (χ2v) is 3.97. The molecule has 7 heteroatoms. The molecule has 0 saturated carbocycles. The number of benzene rings is 1. The maximum absolute atomic E-state index is 13.1. The summed E-state index contributed by atoms with van der Waals surface area (Å²) in [4.78, 5) is 6.79. The van der Waals surface area contributed by atoms with Crippen LogP contribution in [0.2, 0.25) is 0 Å². The third-order valence-corrected chi connectivity index (χ3v) is 2.65. The van der Waals surface area contributed by atoms with Gasteiger partial charge in [0.1, 0.15) is 11.8 Å². The lowest BCUT2D eigenvalue weighted by molar-refractivity contribution is 0.432. The van der Waals surface area contributed by atoms with Crippen LogP contribution in [0.4, 0.5) is 8.78 Å². The molecule has 3 aromatic rings. The smallest absolute Gasteiger partial charge is 0.259 e. The third-order valence-electron chi connectivity index (χ3n) is 2.65. The normalized spacial score (nSPS) is 10.4. The van der Waals surface area contributed by atoms with Crippen LogP contribution < -0.4 is 0 Å². The molecule has 0 radical (unpaired) electrons. The molecule has 98 valence electrons. The zero-order chi connectivity index (χ0) is 14.1. The van der Waals surface area contributed by atoms with E-state index in [1.54, 1.807) is 12.3 Å². The monoisotopic (exact) mass is 272 g/mol. The predicted octanol–water partition coefficient (Wildman–Crippen LogP) is 2.88. The van der Waals surface area contributed by atoms with Gasteiger partial charge in [-0.2, -0.15) is 10.2 Å². The van der Waals surface area contributed by atoms with Crippen LogP contribution in [0.1, 0.15) is 5.69 Å². The molecule has 1 aromatic carbocycles. The molecular formula is C13H6F2N4O. The standard InChI is InChI=1S/C13H6F2N4O/c14-10-2-1-7(4-11(10)15)12-18-13(20-19-12)8-3-9(5-16)17-6-8/h1-4,6,17H. The van der Waals surface area contributed by atoms with Crippen molar-refractivity contribution >= 4 is 0 Å². The molecule has 0 spiro atoms. The minimum absolute atomic E-state index is 0.138. The highest BCUT2D eigenvalue weighted by Gasteiger charge is 2.13. The summed E-state index contributed by atoms with van der Waals surface area (Å²) < 4.78 is 31.0. The van der Waals surface area contributed by atoms with Gasteiger partial charge in [-0.1, -0.05) is 5.16 Å². The zero-order valence-corrected chi connectivity index (χ0v) is 9.89. The number of aromatic nitrogens is 3. The highest BCUT2D eigenvalue weighted by Crippen LogP contribution is 2.23. The molecule has 1 N–H and O–H groups in total. The number of aromatic amines is 1. The molecule has 0 unspecified atom stereocenters. The van der Waals surface area contributed by atoms with Crippen molar-refractivity contribution in [1.82, 2.24) is 15.1 Å². The lowest BCUT2D eigenvalue weighted by atomic mass is 10.2. The summed E-state index contributed by atoms with van der Waals surface area (Å²) >= 11 is 0. The Morgan fingerprint density at radius 3 is 2.70 bits per heavy atom. The first-order valence-corrected chi connectivity index (χ1v) is 5.55. The number of rotatable bonds is 2. The topological polar surface area (TPSA) is 78.5 Å². The molecule has 2 heterocycles. The fourth-order valence-electron chi connectivity index (χ4n) is 1.68. The SMILES string of the molecule is N#Cc1cc(-c2nc(-c3ccc(F)c(F)c3)no2)c[nH]1. The number of halogens is 2. The molecule has 2 aromatic heterocycles. The van der Waals surface area contributed by atoms with Gasteiger partial charge in [0.25, 0.3) is 5.89 Å². The molecule has 0 bridgehead atoms. The Labute approximate surface area is 111 Å². The summed E-state index contributed by atoms with van der Waals surface area (Å²) in [5.41, 5.74) is 1.20. The first-order valence-electron chi connectivity index (χ1n) is 5.55. The minimum Gasteiger partial charge on any atom is -0.352 e. The highest BCUT2D eigenvalue weighted by atomic mass is 19.2. The lowest BCUT2D eigenvalue weighted by Gasteiger charge is -1.95. The molecule has 20 heavy (non-hydrogen) atoms. The van der Waals surface area contributed by atoms with E-state index in [1.165, 1.54) is 6.07 Å². The molecule has 0 saturated heterocycles. The van der Waals surface area contributed by atoms with Crippen LogP contribution in [0.25, 0.3) is 22.8 Å². The summed E-state index contributed by atoms with van der Waals surface area (Å²) in [6.45, 7) is 0. The van der Waals surface area contributed by atoms with E-state index in [-0.39, 0.29) is 11.7 Å². The van der Waals surface area contributed by atoms with Crippen LogP contribution >= 0.6 is 0 Å². The number of H-pyrrole nitrogens is 1.